The van der Waals surface area contributed by atoms with Crippen LogP contribution in [-0.4, -0.2) is 30.1 Å². The van der Waals surface area contributed by atoms with Gasteiger partial charge < -0.3 is 20.1 Å². The van der Waals surface area contributed by atoms with Gasteiger partial charge in [0, 0.05) is 11.8 Å². The second-order valence-corrected chi connectivity index (χ2v) is 6.32. The van der Waals surface area contributed by atoms with E-state index in [9.17, 15) is 19.7 Å². The number of allylic oxidation sites excluding steroid dienone is 1. The van der Waals surface area contributed by atoms with E-state index in [0.717, 1.165) is 0 Å². The minimum atomic E-state index is -0.865. The van der Waals surface area contributed by atoms with Crippen molar-refractivity contribution in [3.05, 3.63) is 45.1 Å². The van der Waals surface area contributed by atoms with Crippen molar-refractivity contribution in [3.63, 3.8) is 0 Å². The lowest BCUT2D eigenvalue weighted by molar-refractivity contribution is -0.385. The van der Waals surface area contributed by atoms with Crippen molar-refractivity contribution in [1.82, 2.24) is 10.6 Å². The first-order valence-electron chi connectivity index (χ1n) is 8.62. The number of ether oxygens (including phenoxy) is 2. The summed E-state index contributed by atoms with van der Waals surface area (Å²) in [6, 6.07) is 2.96. The van der Waals surface area contributed by atoms with Gasteiger partial charge in [0.25, 0.3) is 0 Å². The Balaban J connectivity index is 2.58. The second-order valence-electron chi connectivity index (χ2n) is 6.32. The van der Waals surface area contributed by atoms with Gasteiger partial charge in [0.2, 0.25) is 0 Å². The molecule has 0 radical (unpaired) electrons. The second kappa shape index (κ2) is 8.52. The van der Waals surface area contributed by atoms with Crippen LogP contribution in [-0.2, 0) is 9.53 Å². The van der Waals surface area contributed by atoms with Gasteiger partial charge in [-0.2, -0.15) is 0 Å². The Morgan fingerprint density at radius 3 is 2.63 bits per heavy atom. The maximum absolute atomic E-state index is 12.7. The van der Waals surface area contributed by atoms with Crippen LogP contribution in [0.5, 0.6) is 5.75 Å². The van der Waals surface area contributed by atoms with Crippen LogP contribution < -0.4 is 15.4 Å². The molecular weight excluding hydrogens is 354 g/mol. The molecule has 9 nitrogen and oxygen atoms in total. The first-order chi connectivity index (χ1) is 12.8. The Morgan fingerprint density at radius 1 is 1.37 bits per heavy atom. The summed E-state index contributed by atoms with van der Waals surface area (Å²) in [5.41, 5.74) is 0.832. The molecule has 0 bridgehead atoms. The van der Waals surface area contributed by atoms with Crippen molar-refractivity contribution in [2.45, 2.75) is 45.8 Å². The number of nitro benzene ring substituents is 1. The number of benzene rings is 1. The zero-order valence-corrected chi connectivity index (χ0v) is 15.7. The van der Waals surface area contributed by atoms with E-state index in [1.807, 2.05) is 6.92 Å². The number of esters is 1. The lowest BCUT2D eigenvalue weighted by Crippen LogP contribution is -2.46. The van der Waals surface area contributed by atoms with Gasteiger partial charge in [0.1, 0.15) is 0 Å². The molecule has 2 rings (SSSR count). The number of rotatable bonds is 7. The number of methoxy groups -OCH3 is 1. The van der Waals surface area contributed by atoms with E-state index in [0.29, 0.717) is 24.1 Å². The number of nitrogens with one attached hydrogen (secondary N) is 2. The Kier molecular flexibility index (Phi) is 6.38. The van der Waals surface area contributed by atoms with Gasteiger partial charge in [-0.3, -0.25) is 10.1 Å². The van der Waals surface area contributed by atoms with Crippen LogP contribution in [0.1, 0.15) is 45.2 Å². The highest BCUT2D eigenvalue weighted by atomic mass is 16.6. The molecule has 0 spiro atoms. The van der Waals surface area contributed by atoms with E-state index in [1.54, 1.807) is 19.9 Å². The quantitative estimate of drug-likeness (QED) is 0.428. The third-order valence-electron chi connectivity index (χ3n) is 3.95. The van der Waals surface area contributed by atoms with Crippen LogP contribution in [0.4, 0.5) is 10.5 Å². The largest absolute Gasteiger partial charge is 0.490 e. The number of nitrogens with zero attached hydrogens (tertiary/aromatic N) is 1. The summed E-state index contributed by atoms with van der Waals surface area (Å²) in [6.07, 6.45) is 0.810. The summed E-state index contributed by atoms with van der Waals surface area (Å²) < 4.78 is 10.3. The Morgan fingerprint density at radius 2 is 2.07 bits per heavy atom. The van der Waals surface area contributed by atoms with E-state index >= 15 is 0 Å². The number of amides is 2. The predicted octanol–water partition coefficient (Wildman–Crippen LogP) is 2.96. The molecule has 1 heterocycles. The van der Waals surface area contributed by atoms with Gasteiger partial charge in [-0.05, 0) is 31.9 Å². The summed E-state index contributed by atoms with van der Waals surface area (Å²) in [7, 11) is 1.33. The SMILES string of the molecule is CCCC1=C(C(=O)OC(C)C)C(c2ccc(OC)c([N+](=O)[O-])c2)NC(=O)N1. The fourth-order valence-corrected chi connectivity index (χ4v) is 2.86. The summed E-state index contributed by atoms with van der Waals surface area (Å²) in [4.78, 5) is 35.5. The Bertz CT molecular complexity index is 787. The van der Waals surface area contributed by atoms with Gasteiger partial charge in [-0.25, -0.2) is 9.59 Å². The van der Waals surface area contributed by atoms with Gasteiger partial charge in [-0.15, -0.1) is 0 Å². The fourth-order valence-electron chi connectivity index (χ4n) is 2.86. The molecule has 0 saturated heterocycles. The Hall–Kier alpha value is -3.10. The van der Waals surface area contributed by atoms with Crippen molar-refractivity contribution in [2.75, 3.05) is 7.11 Å². The van der Waals surface area contributed by atoms with Gasteiger partial charge >= 0.3 is 17.7 Å². The molecule has 0 saturated carbocycles. The molecule has 1 atom stereocenters. The summed E-state index contributed by atoms with van der Waals surface area (Å²) >= 11 is 0. The number of hydrogen-bond acceptors (Lipinski definition) is 6. The van der Waals surface area contributed by atoms with Crippen LogP contribution in [0.3, 0.4) is 0 Å². The molecule has 1 unspecified atom stereocenters. The molecule has 1 aliphatic rings. The molecule has 1 aromatic carbocycles. The highest BCUT2D eigenvalue weighted by molar-refractivity contribution is 5.95. The molecule has 27 heavy (non-hydrogen) atoms. The first kappa shape index (κ1) is 20.2. The van der Waals surface area contributed by atoms with Crippen molar-refractivity contribution in [1.29, 1.82) is 0 Å². The number of carbonyl (C=O) groups is 2. The molecule has 9 heteroatoms. The van der Waals surface area contributed by atoms with Crippen molar-refractivity contribution in [2.24, 2.45) is 0 Å². The number of urea groups is 1. The monoisotopic (exact) mass is 377 g/mol. The van der Waals surface area contributed by atoms with Crippen molar-refractivity contribution in [3.8, 4) is 5.75 Å². The maximum atomic E-state index is 12.7. The number of hydrogen-bond donors (Lipinski definition) is 2. The zero-order chi connectivity index (χ0) is 20.1. The molecule has 0 fully saturated rings. The summed E-state index contributed by atoms with van der Waals surface area (Å²) in [5, 5.41) is 16.6. The van der Waals surface area contributed by atoms with E-state index in [-0.39, 0.29) is 23.1 Å². The molecule has 1 aliphatic heterocycles. The van der Waals surface area contributed by atoms with Crippen LogP contribution >= 0.6 is 0 Å². The molecule has 0 aliphatic carbocycles. The smallest absolute Gasteiger partial charge is 0.338 e. The van der Waals surface area contributed by atoms with E-state index < -0.39 is 23.0 Å². The third kappa shape index (κ3) is 4.55. The van der Waals surface area contributed by atoms with Gasteiger partial charge in [-0.1, -0.05) is 19.4 Å². The van der Waals surface area contributed by atoms with E-state index in [1.165, 1.54) is 19.2 Å². The molecule has 146 valence electrons. The highest BCUT2D eigenvalue weighted by Gasteiger charge is 2.35. The van der Waals surface area contributed by atoms with Crippen LogP contribution in [0.25, 0.3) is 0 Å². The van der Waals surface area contributed by atoms with Gasteiger partial charge in [0.15, 0.2) is 5.75 Å². The predicted molar refractivity (Wildman–Crippen MR) is 97.2 cm³/mol. The normalized spacial score (nSPS) is 16.6. The lowest BCUT2D eigenvalue weighted by Gasteiger charge is -2.29. The third-order valence-corrected chi connectivity index (χ3v) is 3.95. The van der Waals surface area contributed by atoms with Crippen LogP contribution in [0, 0.1) is 10.1 Å². The summed E-state index contributed by atoms with van der Waals surface area (Å²) in [6.45, 7) is 5.36. The highest BCUT2D eigenvalue weighted by Crippen LogP contribution is 2.35. The first-order valence-corrected chi connectivity index (χ1v) is 8.62. The summed E-state index contributed by atoms with van der Waals surface area (Å²) in [5.74, 6) is -0.488. The Labute approximate surface area is 156 Å². The molecule has 2 N–H and O–H groups in total. The van der Waals surface area contributed by atoms with E-state index in [2.05, 4.69) is 10.6 Å². The topological polar surface area (TPSA) is 120 Å². The van der Waals surface area contributed by atoms with Crippen molar-refractivity contribution < 1.29 is 24.0 Å². The number of nitro groups is 1. The van der Waals surface area contributed by atoms with Gasteiger partial charge in [0.05, 0.1) is 29.8 Å². The minimum absolute atomic E-state index is 0.0908. The molecule has 1 aromatic rings. The lowest BCUT2D eigenvalue weighted by atomic mass is 9.93. The van der Waals surface area contributed by atoms with Crippen LogP contribution in [0.2, 0.25) is 0 Å². The zero-order valence-electron chi connectivity index (χ0n) is 15.7. The number of carbonyl (C=O) groups excluding carboxylic acids is 2. The standard InChI is InChI=1S/C18H23N3O6/c1-5-6-12-15(17(22)27-10(2)3)16(20-18(23)19-12)11-7-8-14(26-4)13(9-11)21(24)25/h7-10,16H,5-6H2,1-4H3,(H2,19,20,23). The molecule has 2 amide bonds. The van der Waals surface area contributed by atoms with Crippen molar-refractivity contribution >= 4 is 17.7 Å². The average Bonchev–Trinajstić information content (AvgIpc) is 2.60. The van der Waals surface area contributed by atoms with E-state index in [4.69, 9.17) is 9.47 Å². The molecule has 0 aromatic heterocycles. The minimum Gasteiger partial charge on any atom is -0.490 e. The fraction of sp³-hybridized carbons (Fsp3) is 0.444. The average molecular weight is 377 g/mol. The molecular formula is C18H23N3O6. The maximum Gasteiger partial charge on any atom is 0.338 e. The van der Waals surface area contributed by atoms with Crippen LogP contribution in [0.15, 0.2) is 29.5 Å².